The summed E-state index contributed by atoms with van der Waals surface area (Å²) in [4.78, 5) is 21.2. The number of benzene rings is 4. The molecule has 0 aliphatic rings. The fraction of sp³-hybridized carbons (Fsp3) is 0.100. The molecule has 5 rings (SSSR count). The summed E-state index contributed by atoms with van der Waals surface area (Å²) in [6.45, 7) is 0. The molecule has 0 amide bonds. The van der Waals surface area contributed by atoms with Crippen molar-refractivity contribution in [2.45, 2.75) is 17.4 Å². The van der Waals surface area contributed by atoms with Crippen LogP contribution < -0.4 is 10.6 Å². The number of hydrogen-bond donors (Lipinski definition) is 3. The molecule has 40 heavy (non-hydrogen) atoms. The second-order valence-electron chi connectivity index (χ2n) is 9.12. The number of carbonyl (C=O) groups is 1. The molecule has 5 aromatic rings. The number of nitrogens with zero attached hydrogens (tertiary/aromatic N) is 2. The van der Waals surface area contributed by atoms with Gasteiger partial charge in [-0.1, -0.05) is 76.6 Å². The van der Waals surface area contributed by atoms with Gasteiger partial charge in [-0.3, -0.25) is 10.1 Å². The van der Waals surface area contributed by atoms with Gasteiger partial charge in [-0.25, -0.2) is 18.4 Å². The van der Waals surface area contributed by atoms with E-state index in [-0.39, 0.29) is 11.3 Å². The lowest BCUT2D eigenvalue weighted by molar-refractivity contribution is -0.139. The van der Waals surface area contributed by atoms with Crippen LogP contribution in [-0.2, 0) is 21.1 Å². The lowest BCUT2D eigenvalue weighted by Crippen LogP contribution is -2.41. The van der Waals surface area contributed by atoms with E-state index in [4.69, 9.17) is 4.98 Å². The number of rotatable bonds is 10. The molecule has 0 aliphatic heterocycles. The summed E-state index contributed by atoms with van der Waals surface area (Å²) in [5.41, 5.74) is 3.87. The summed E-state index contributed by atoms with van der Waals surface area (Å²) in [6, 6.07) is 29.8. The Labute approximate surface area is 240 Å². The molecule has 4 aromatic carbocycles. The van der Waals surface area contributed by atoms with E-state index in [9.17, 15) is 18.3 Å². The van der Waals surface area contributed by atoms with Crippen LogP contribution in [0.3, 0.4) is 0 Å². The quantitative estimate of drug-likeness (QED) is 0.179. The molecule has 1 atom stereocenters. The molecule has 10 heteroatoms. The fourth-order valence-electron chi connectivity index (χ4n) is 4.24. The second kappa shape index (κ2) is 12.0. The number of aromatic nitrogens is 2. The lowest BCUT2D eigenvalue weighted by Gasteiger charge is -2.15. The number of halogens is 1. The van der Waals surface area contributed by atoms with E-state index in [1.807, 2.05) is 66.7 Å². The second-order valence-corrected chi connectivity index (χ2v) is 12.0. The minimum atomic E-state index is -3.78. The van der Waals surface area contributed by atoms with Crippen LogP contribution in [0.15, 0.2) is 112 Å². The zero-order chi connectivity index (χ0) is 28.1. The Morgan fingerprint density at radius 1 is 0.875 bits per heavy atom. The highest BCUT2D eigenvalue weighted by Gasteiger charge is 2.22. The van der Waals surface area contributed by atoms with Gasteiger partial charge in [0.05, 0.1) is 16.1 Å². The van der Waals surface area contributed by atoms with E-state index >= 15 is 0 Å². The van der Waals surface area contributed by atoms with Gasteiger partial charge >= 0.3 is 5.97 Å². The average Bonchev–Trinajstić information content (AvgIpc) is 2.96. The molecule has 0 bridgehead atoms. The van der Waals surface area contributed by atoms with Gasteiger partial charge in [0.2, 0.25) is 5.95 Å². The van der Waals surface area contributed by atoms with Crippen molar-refractivity contribution in [1.82, 2.24) is 15.3 Å². The van der Waals surface area contributed by atoms with Crippen molar-refractivity contribution in [3.05, 3.63) is 113 Å². The number of carboxylic acids is 1. The van der Waals surface area contributed by atoms with E-state index in [1.54, 1.807) is 24.3 Å². The summed E-state index contributed by atoms with van der Waals surface area (Å²) < 4.78 is 26.8. The van der Waals surface area contributed by atoms with Crippen molar-refractivity contribution in [1.29, 1.82) is 0 Å². The highest BCUT2D eigenvalue weighted by atomic mass is 79.9. The van der Waals surface area contributed by atoms with Crippen LogP contribution in [0.2, 0.25) is 0 Å². The summed E-state index contributed by atoms with van der Waals surface area (Å²) in [5, 5.41) is 16.3. The summed E-state index contributed by atoms with van der Waals surface area (Å²) in [6.07, 6.45) is 0.169. The minimum absolute atomic E-state index is 0.0728. The molecule has 1 heterocycles. The normalized spacial score (nSPS) is 12.2. The van der Waals surface area contributed by atoms with Gasteiger partial charge in [0.15, 0.2) is 9.84 Å². The van der Waals surface area contributed by atoms with Gasteiger partial charge in [-0.2, -0.15) is 0 Å². The molecule has 0 saturated carbocycles. The van der Waals surface area contributed by atoms with E-state index < -0.39 is 27.7 Å². The van der Waals surface area contributed by atoms with E-state index in [2.05, 4.69) is 31.5 Å². The van der Waals surface area contributed by atoms with Gasteiger partial charge < -0.3 is 10.4 Å². The number of hydrogen-bond acceptors (Lipinski definition) is 7. The monoisotopic (exact) mass is 616 g/mol. The van der Waals surface area contributed by atoms with Gasteiger partial charge in [-0.05, 0) is 54.4 Å². The van der Waals surface area contributed by atoms with Crippen molar-refractivity contribution in [3.63, 3.8) is 0 Å². The van der Waals surface area contributed by atoms with Crippen LogP contribution in [0.25, 0.3) is 22.2 Å². The Bertz CT molecular complexity index is 1750. The molecule has 8 nitrogen and oxygen atoms in total. The van der Waals surface area contributed by atoms with Gasteiger partial charge in [0.1, 0.15) is 11.9 Å². The van der Waals surface area contributed by atoms with Gasteiger partial charge in [0.25, 0.3) is 0 Å². The third-order valence-electron chi connectivity index (χ3n) is 6.28. The molecule has 0 aliphatic carbocycles. The molecular weight excluding hydrogens is 592 g/mol. The van der Waals surface area contributed by atoms with Crippen LogP contribution >= 0.6 is 15.9 Å². The van der Waals surface area contributed by atoms with Crippen molar-refractivity contribution >= 4 is 54.3 Å². The Morgan fingerprint density at radius 3 is 2.23 bits per heavy atom. The van der Waals surface area contributed by atoms with Gasteiger partial charge in [-0.15, -0.1) is 0 Å². The van der Waals surface area contributed by atoms with Crippen molar-refractivity contribution in [2.75, 3.05) is 11.2 Å². The third-order valence-corrected chi connectivity index (χ3v) is 8.31. The first-order valence-corrected chi connectivity index (χ1v) is 14.9. The largest absolute Gasteiger partial charge is 0.480 e. The molecule has 0 saturated heterocycles. The Hall–Kier alpha value is -4.12. The van der Waals surface area contributed by atoms with E-state index in [1.165, 1.54) is 12.1 Å². The Morgan fingerprint density at radius 2 is 1.55 bits per heavy atom. The first kappa shape index (κ1) is 27.4. The molecule has 0 spiro atoms. The predicted molar refractivity (Wildman–Crippen MR) is 159 cm³/mol. The first-order chi connectivity index (χ1) is 19.3. The zero-order valence-electron chi connectivity index (χ0n) is 21.2. The Balaban J connectivity index is 1.33. The van der Waals surface area contributed by atoms with Crippen molar-refractivity contribution in [3.8, 4) is 11.3 Å². The maximum Gasteiger partial charge on any atom is 0.321 e. The molecule has 1 aromatic heterocycles. The van der Waals surface area contributed by atoms with Crippen LogP contribution in [0.1, 0.15) is 5.56 Å². The highest BCUT2D eigenvalue weighted by molar-refractivity contribution is 9.10. The molecular formula is C30H25BrN4O4S. The summed E-state index contributed by atoms with van der Waals surface area (Å²) >= 11 is 3.52. The number of anilines is 2. The molecule has 202 valence electrons. The standard InChI is InChI=1S/C30H25BrN4O4S/c31-22-11-16-26-25(18-22)28(21-9-5-2-6-10-21)35-30(34-26)33-23-12-14-24(15-13-23)40(38,39)19-32-27(29(36)37)17-20-7-3-1-4-8-20/h1-16,18,27,32H,17,19H2,(H,36,37)(H,33,34,35). The zero-order valence-corrected chi connectivity index (χ0v) is 23.6. The number of fused-ring (bicyclic) bond motifs is 1. The number of sulfone groups is 1. The fourth-order valence-corrected chi connectivity index (χ4v) is 5.74. The maximum absolute atomic E-state index is 13.0. The Kier molecular flexibility index (Phi) is 8.20. The summed E-state index contributed by atoms with van der Waals surface area (Å²) in [7, 11) is -3.78. The van der Waals surface area contributed by atoms with Crippen LogP contribution in [-0.4, -0.2) is 41.4 Å². The predicted octanol–water partition coefficient (Wildman–Crippen LogP) is 5.82. The smallest absolute Gasteiger partial charge is 0.321 e. The highest BCUT2D eigenvalue weighted by Crippen LogP contribution is 2.30. The van der Waals surface area contributed by atoms with Crippen LogP contribution in [0.4, 0.5) is 11.6 Å². The maximum atomic E-state index is 13.0. The van der Waals surface area contributed by atoms with Crippen LogP contribution in [0, 0.1) is 0 Å². The van der Waals surface area contributed by atoms with Crippen molar-refractivity contribution < 1.29 is 18.3 Å². The molecule has 1 unspecified atom stereocenters. The number of nitrogens with one attached hydrogen (secondary N) is 2. The summed E-state index contributed by atoms with van der Waals surface area (Å²) in [5.74, 6) is -1.25. The lowest BCUT2D eigenvalue weighted by atomic mass is 10.1. The van der Waals surface area contributed by atoms with Gasteiger partial charge in [0, 0.05) is 21.1 Å². The number of carboxylic acid groups (broad SMARTS) is 1. The molecule has 3 N–H and O–H groups in total. The SMILES string of the molecule is O=C(O)C(Cc1ccccc1)NCS(=O)(=O)c1ccc(Nc2nc(-c3ccccc3)c3cc(Br)ccc3n2)cc1. The van der Waals surface area contributed by atoms with E-state index in [0.29, 0.717) is 11.6 Å². The topological polar surface area (TPSA) is 121 Å². The number of aliphatic carboxylic acids is 1. The van der Waals surface area contributed by atoms with Crippen LogP contribution in [0.5, 0.6) is 0 Å². The van der Waals surface area contributed by atoms with Crippen molar-refractivity contribution in [2.24, 2.45) is 0 Å². The average molecular weight is 618 g/mol. The molecule has 0 fully saturated rings. The van der Waals surface area contributed by atoms with E-state index in [0.717, 1.165) is 32.2 Å². The minimum Gasteiger partial charge on any atom is -0.480 e. The first-order valence-electron chi connectivity index (χ1n) is 12.4. The molecule has 0 radical (unpaired) electrons. The third kappa shape index (κ3) is 6.53.